The third-order valence-corrected chi connectivity index (χ3v) is 1.21. The van der Waals surface area contributed by atoms with Crippen LogP contribution in [0, 0.1) is 11.6 Å². The molecule has 0 fully saturated rings. The van der Waals surface area contributed by atoms with Gasteiger partial charge in [0.15, 0.2) is 11.6 Å². The Hall–Kier alpha value is -1.45. The maximum Gasteiger partial charge on any atom is 0.160 e. The number of nitrogens with zero attached hydrogens (tertiary/aromatic N) is 1. The van der Waals surface area contributed by atoms with E-state index in [4.69, 9.17) is 5.73 Å². The summed E-state index contributed by atoms with van der Waals surface area (Å²) in [4.78, 5) is 3.75. The van der Waals surface area contributed by atoms with Crippen molar-refractivity contribution in [2.24, 2.45) is 10.7 Å². The second-order valence-electron chi connectivity index (χ2n) is 2.35. The second kappa shape index (κ2) is 3.30. The van der Waals surface area contributed by atoms with Crippen molar-refractivity contribution in [3.8, 4) is 0 Å². The summed E-state index contributed by atoms with van der Waals surface area (Å²) in [7, 11) is 0. The number of benzene rings is 1. The largest absolute Gasteiger partial charge is 0.387 e. The van der Waals surface area contributed by atoms with Gasteiger partial charge < -0.3 is 5.73 Å². The molecule has 0 aliphatic heterocycles. The monoisotopic (exact) mass is 170 g/mol. The summed E-state index contributed by atoms with van der Waals surface area (Å²) < 4.78 is 24.9. The van der Waals surface area contributed by atoms with Crippen LogP contribution in [-0.4, -0.2) is 5.84 Å². The minimum atomic E-state index is -0.919. The Kier molecular flexibility index (Phi) is 2.38. The molecule has 2 nitrogen and oxygen atoms in total. The number of amidine groups is 1. The lowest BCUT2D eigenvalue weighted by Crippen LogP contribution is -2.03. The summed E-state index contributed by atoms with van der Waals surface area (Å²) in [5.74, 6) is -1.50. The first-order valence-electron chi connectivity index (χ1n) is 3.35. The van der Waals surface area contributed by atoms with Gasteiger partial charge in [0.25, 0.3) is 0 Å². The molecule has 0 amide bonds. The van der Waals surface area contributed by atoms with Crippen molar-refractivity contribution >= 4 is 11.5 Å². The summed E-state index contributed by atoms with van der Waals surface area (Å²) in [5, 5.41) is 0. The van der Waals surface area contributed by atoms with Gasteiger partial charge in [-0.1, -0.05) is 0 Å². The fourth-order valence-corrected chi connectivity index (χ4v) is 0.758. The smallest absolute Gasteiger partial charge is 0.160 e. The maximum absolute atomic E-state index is 12.5. The molecule has 1 aromatic rings. The Balaban J connectivity index is 3.05. The number of aliphatic imine (C=N–C) groups is 1. The van der Waals surface area contributed by atoms with E-state index in [-0.39, 0.29) is 0 Å². The predicted molar refractivity (Wildman–Crippen MR) is 43.3 cm³/mol. The summed E-state index contributed by atoms with van der Waals surface area (Å²) in [6.07, 6.45) is 0. The van der Waals surface area contributed by atoms with Gasteiger partial charge >= 0.3 is 0 Å². The van der Waals surface area contributed by atoms with Gasteiger partial charge in [-0.05, 0) is 19.1 Å². The number of halogens is 2. The fourth-order valence-electron chi connectivity index (χ4n) is 0.758. The Bertz CT molecular complexity index is 317. The molecule has 0 aliphatic carbocycles. The SMILES string of the molecule is CC(N)=Nc1ccc(F)c(F)c1. The molecule has 0 aliphatic rings. The van der Waals surface area contributed by atoms with Crippen molar-refractivity contribution in [3.63, 3.8) is 0 Å². The van der Waals surface area contributed by atoms with E-state index < -0.39 is 11.6 Å². The van der Waals surface area contributed by atoms with Crippen LogP contribution in [0.3, 0.4) is 0 Å². The molecule has 0 saturated heterocycles. The van der Waals surface area contributed by atoms with Crippen LogP contribution in [0.15, 0.2) is 23.2 Å². The van der Waals surface area contributed by atoms with Gasteiger partial charge in [0, 0.05) is 6.07 Å². The van der Waals surface area contributed by atoms with Gasteiger partial charge in [0.2, 0.25) is 0 Å². The van der Waals surface area contributed by atoms with Gasteiger partial charge in [0.05, 0.1) is 11.5 Å². The predicted octanol–water partition coefficient (Wildman–Crippen LogP) is 1.97. The normalized spacial score (nSPS) is 11.8. The minimum Gasteiger partial charge on any atom is -0.387 e. The first kappa shape index (κ1) is 8.64. The minimum absolute atomic E-state index is 0.306. The highest BCUT2D eigenvalue weighted by atomic mass is 19.2. The lowest BCUT2D eigenvalue weighted by molar-refractivity contribution is 0.509. The molecule has 0 heterocycles. The molecule has 0 aromatic heterocycles. The molecule has 2 N–H and O–H groups in total. The Labute approximate surface area is 68.7 Å². The molecular formula is C8H8F2N2. The van der Waals surface area contributed by atoms with Gasteiger partial charge in [-0.3, -0.25) is 0 Å². The number of rotatable bonds is 1. The van der Waals surface area contributed by atoms with Crippen molar-refractivity contribution < 1.29 is 8.78 Å². The van der Waals surface area contributed by atoms with Crippen LogP contribution in [0.5, 0.6) is 0 Å². The number of nitrogens with two attached hydrogens (primary N) is 1. The molecular weight excluding hydrogens is 162 g/mol. The molecule has 0 unspecified atom stereocenters. The molecule has 1 rings (SSSR count). The molecule has 0 saturated carbocycles. The molecule has 0 atom stereocenters. The van der Waals surface area contributed by atoms with E-state index >= 15 is 0 Å². The quantitative estimate of drug-likeness (QED) is 0.508. The lowest BCUT2D eigenvalue weighted by atomic mass is 10.3. The third-order valence-electron chi connectivity index (χ3n) is 1.21. The van der Waals surface area contributed by atoms with Gasteiger partial charge in [-0.15, -0.1) is 0 Å². The zero-order valence-corrected chi connectivity index (χ0v) is 6.51. The van der Waals surface area contributed by atoms with E-state index in [2.05, 4.69) is 4.99 Å². The van der Waals surface area contributed by atoms with E-state index in [0.29, 0.717) is 11.5 Å². The third kappa shape index (κ3) is 2.02. The van der Waals surface area contributed by atoms with Gasteiger partial charge in [0.1, 0.15) is 0 Å². The lowest BCUT2D eigenvalue weighted by Gasteiger charge is -1.95. The second-order valence-corrected chi connectivity index (χ2v) is 2.35. The van der Waals surface area contributed by atoms with Crippen LogP contribution in [0.2, 0.25) is 0 Å². The highest BCUT2D eigenvalue weighted by molar-refractivity contribution is 5.80. The van der Waals surface area contributed by atoms with E-state index in [0.717, 1.165) is 12.1 Å². The summed E-state index contributed by atoms with van der Waals surface area (Å²) in [6.45, 7) is 1.57. The van der Waals surface area contributed by atoms with E-state index in [9.17, 15) is 8.78 Å². The average Bonchev–Trinajstić information content (AvgIpc) is 1.96. The molecule has 12 heavy (non-hydrogen) atoms. The van der Waals surface area contributed by atoms with Crippen LogP contribution < -0.4 is 5.73 Å². The summed E-state index contributed by atoms with van der Waals surface area (Å²) in [5.41, 5.74) is 5.56. The van der Waals surface area contributed by atoms with Crippen molar-refractivity contribution in [2.75, 3.05) is 0 Å². The Morgan fingerprint density at radius 3 is 2.50 bits per heavy atom. The highest BCUT2D eigenvalue weighted by Gasteiger charge is 2.00. The Morgan fingerprint density at radius 2 is 2.00 bits per heavy atom. The molecule has 0 radical (unpaired) electrons. The molecule has 64 valence electrons. The van der Waals surface area contributed by atoms with Gasteiger partial charge in [-0.25, -0.2) is 13.8 Å². The molecule has 0 spiro atoms. The zero-order valence-electron chi connectivity index (χ0n) is 6.51. The first-order valence-corrected chi connectivity index (χ1v) is 3.35. The van der Waals surface area contributed by atoms with Crippen molar-refractivity contribution in [1.82, 2.24) is 0 Å². The van der Waals surface area contributed by atoms with Crippen LogP contribution >= 0.6 is 0 Å². The molecule has 1 aromatic carbocycles. The van der Waals surface area contributed by atoms with E-state index in [1.165, 1.54) is 6.07 Å². The van der Waals surface area contributed by atoms with Crippen LogP contribution in [0.25, 0.3) is 0 Å². The van der Waals surface area contributed by atoms with Crippen LogP contribution in [0.4, 0.5) is 14.5 Å². The van der Waals surface area contributed by atoms with Crippen molar-refractivity contribution in [1.29, 1.82) is 0 Å². The average molecular weight is 170 g/mol. The van der Waals surface area contributed by atoms with Crippen LogP contribution in [-0.2, 0) is 0 Å². The van der Waals surface area contributed by atoms with Crippen molar-refractivity contribution in [3.05, 3.63) is 29.8 Å². The maximum atomic E-state index is 12.5. The molecule has 4 heteroatoms. The van der Waals surface area contributed by atoms with Crippen LogP contribution in [0.1, 0.15) is 6.92 Å². The van der Waals surface area contributed by atoms with Crippen molar-refractivity contribution in [2.45, 2.75) is 6.92 Å². The van der Waals surface area contributed by atoms with E-state index in [1.54, 1.807) is 6.92 Å². The topological polar surface area (TPSA) is 38.4 Å². The number of hydrogen-bond acceptors (Lipinski definition) is 1. The standard InChI is InChI=1S/C8H8F2N2/c1-5(11)12-6-2-3-7(9)8(10)4-6/h2-4H,1H3,(H2,11,12). The first-order chi connectivity index (χ1) is 5.59. The van der Waals surface area contributed by atoms with E-state index in [1.807, 2.05) is 0 Å². The Morgan fingerprint density at radius 1 is 1.33 bits per heavy atom. The zero-order chi connectivity index (χ0) is 9.14. The van der Waals surface area contributed by atoms with Gasteiger partial charge in [-0.2, -0.15) is 0 Å². The summed E-state index contributed by atoms with van der Waals surface area (Å²) >= 11 is 0. The highest BCUT2D eigenvalue weighted by Crippen LogP contribution is 2.15. The fraction of sp³-hybridized carbons (Fsp3) is 0.125. The molecule has 0 bridgehead atoms. The number of hydrogen-bond donors (Lipinski definition) is 1. The summed E-state index contributed by atoms with van der Waals surface area (Å²) in [6, 6.07) is 3.36.